The third-order valence-electron chi connectivity index (χ3n) is 3.26. The molecule has 1 heterocycles. The number of fused-ring (bicyclic) bond motifs is 1. The molecule has 0 amide bonds. The molecular formula is C18H13ClO5. The number of hydrogen-bond acceptors (Lipinski definition) is 5. The maximum absolute atomic E-state index is 11.9. The topological polar surface area (TPSA) is 65.7 Å². The highest BCUT2D eigenvalue weighted by Crippen LogP contribution is 2.25. The molecule has 3 rings (SSSR count). The predicted molar refractivity (Wildman–Crippen MR) is 89.8 cm³/mol. The number of esters is 1. The summed E-state index contributed by atoms with van der Waals surface area (Å²) in [7, 11) is 0. The Labute approximate surface area is 142 Å². The van der Waals surface area contributed by atoms with E-state index in [2.05, 4.69) is 0 Å². The first-order valence-corrected chi connectivity index (χ1v) is 7.52. The van der Waals surface area contributed by atoms with Crippen LogP contribution >= 0.6 is 11.6 Å². The van der Waals surface area contributed by atoms with Gasteiger partial charge in [-0.3, -0.25) is 0 Å². The van der Waals surface area contributed by atoms with Gasteiger partial charge in [-0.25, -0.2) is 9.59 Å². The van der Waals surface area contributed by atoms with E-state index in [1.54, 1.807) is 36.4 Å². The molecule has 0 atom stereocenters. The van der Waals surface area contributed by atoms with Crippen LogP contribution in [0.25, 0.3) is 11.0 Å². The Morgan fingerprint density at radius 2 is 1.92 bits per heavy atom. The fourth-order valence-electron chi connectivity index (χ4n) is 2.11. The van der Waals surface area contributed by atoms with Crippen molar-refractivity contribution in [1.82, 2.24) is 0 Å². The molecule has 0 aliphatic rings. The molecule has 0 unspecified atom stereocenters. The summed E-state index contributed by atoms with van der Waals surface area (Å²) >= 11 is 5.98. The van der Waals surface area contributed by atoms with E-state index in [1.807, 2.05) is 13.0 Å². The van der Waals surface area contributed by atoms with E-state index >= 15 is 0 Å². The van der Waals surface area contributed by atoms with Gasteiger partial charge in [0.2, 0.25) is 0 Å². The van der Waals surface area contributed by atoms with E-state index in [4.69, 9.17) is 25.5 Å². The number of carbonyl (C=O) groups is 1. The molecule has 2 aromatic carbocycles. The molecule has 0 aliphatic heterocycles. The monoisotopic (exact) mass is 344 g/mol. The first-order chi connectivity index (χ1) is 11.5. The summed E-state index contributed by atoms with van der Waals surface area (Å²) in [5.41, 5.74) is 0.857. The maximum atomic E-state index is 11.9. The molecule has 6 heteroatoms. The van der Waals surface area contributed by atoms with E-state index in [0.717, 1.165) is 10.9 Å². The fourth-order valence-corrected chi connectivity index (χ4v) is 2.27. The highest BCUT2D eigenvalue weighted by Gasteiger charge is 2.10. The lowest BCUT2D eigenvalue weighted by Gasteiger charge is -2.09. The summed E-state index contributed by atoms with van der Waals surface area (Å²) in [6.07, 6.45) is 0. The lowest BCUT2D eigenvalue weighted by Crippen LogP contribution is -2.17. The van der Waals surface area contributed by atoms with Crippen molar-refractivity contribution in [2.24, 2.45) is 0 Å². The van der Waals surface area contributed by atoms with Crippen molar-refractivity contribution in [3.8, 4) is 11.5 Å². The summed E-state index contributed by atoms with van der Waals surface area (Å²) in [6.45, 7) is 1.57. The number of aryl methyl sites for hydroxylation is 1. The number of halogens is 1. The number of ether oxygens (including phenoxy) is 2. The average Bonchev–Trinajstić information content (AvgIpc) is 2.56. The van der Waals surface area contributed by atoms with Crippen LogP contribution in [0.4, 0.5) is 0 Å². The normalized spacial score (nSPS) is 10.6. The van der Waals surface area contributed by atoms with Crippen molar-refractivity contribution in [3.05, 3.63) is 69.5 Å². The third kappa shape index (κ3) is 3.75. The minimum atomic E-state index is -0.586. The van der Waals surface area contributed by atoms with Crippen LogP contribution in [0.1, 0.15) is 5.56 Å². The van der Waals surface area contributed by atoms with Gasteiger partial charge in [-0.05, 0) is 42.8 Å². The number of benzene rings is 2. The Morgan fingerprint density at radius 1 is 1.12 bits per heavy atom. The van der Waals surface area contributed by atoms with Gasteiger partial charge in [-0.2, -0.15) is 0 Å². The standard InChI is InChI=1S/C18H13ClO5/c1-11-2-6-14(19)16(8-11)24-18(21)10-22-13-5-3-12-4-7-17(20)23-15(12)9-13/h2-9H,10H2,1H3. The molecule has 0 saturated heterocycles. The lowest BCUT2D eigenvalue weighted by molar-refractivity contribution is -0.136. The quantitative estimate of drug-likeness (QED) is 0.410. The van der Waals surface area contributed by atoms with Crippen LogP contribution in [0.15, 0.2) is 57.7 Å². The minimum Gasteiger partial charge on any atom is -0.482 e. The van der Waals surface area contributed by atoms with Crippen molar-refractivity contribution in [3.63, 3.8) is 0 Å². The molecule has 3 aromatic rings. The molecule has 0 saturated carbocycles. The first kappa shape index (κ1) is 16.1. The number of carbonyl (C=O) groups excluding carboxylic acids is 1. The largest absolute Gasteiger partial charge is 0.482 e. The van der Waals surface area contributed by atoms with Gasteiger partial charge in [-0.1, -0.05) is 17.7 Å². The molecule has 122 valence electrons. The lowest BCUT2D eigenvalue weighted by atomic mass is 10.2. The molecule has 24 heavy (non-hydrogen) atoms. The summed E-state index contributed by atoms with van der Waals surface area (Å²) in [5.74, 6) is 0.0935. The Morgan fingerprint density at radius 3 is 2.75 bits per heavy atom. The molecule has 0 spiro atoms. The second kappa shape index (κ2) is 6.76. The van der Waals surface area contributed by atoms with Crippen LogP contribution in [-0.2, 0) is 4.79 Å². The van der Waals surface area contributed by atoms with E-state index in [1.165, 1.54) is 6.07 Å². The zero-order valence-electron chi connectivity index (χ0n) is 12.7. The van der Waals surface area contributed by atoms with Crippen LogP contribution in [0, 0.1) is 6.92 Å². The number of hydrogen-bond donors (Lipinski definition) is 0. The van der Waals surface area contributed by atoms with E-state index < -0.39 is 11.6 Å². The van der Waals surface area contributed by atoms with Gasteiger partial charge in [-0.15, -0.1) is 0 Å². The van der Waals surface area contributed by atoms with Crippen molar-refractivity contribution in [2.45, 2.75) is 6.92 Å². The van der Waals surface area contributed by atoms with Crippen molar-refractivity contribution in [2.75, 3.05) is 6.61 Å². The third-order valence-corrected chi connectivity index (χ3v) is 3.57. The van der Waals surface area contributed by atoms with Gasteiger partial charge >= 0.3 is 11.6 Å². The predicted octanol–water partition coefficient (Wildman–Crippen LogP) is 3.74. The summed E-state index contributed by atoms with van der Waals surface area (Å²) in [4.78, 5) is 23.1. The molecule has 5 nitrogen and oxygen atoms in total. The van der Waals surface area contributed by atoms with Gasteiger partial charge in [0.25, 0.3) is 0 Å². The first-order valence-electron chi connectivity index (χ1n) is 7.15. The van der Waals surface area contributed by atoms with Crippen molar-refractivity contribution >= 4 is 28.5 Å². The number of rotatable bonds is 4. The Balaban J connectivity index is 1.67. The molecule has 0 radical (unpaired) electrons. The molecule has 0 fully saturated rings. The molecule has 1 aromatic heterocycles. The van der Waals surface area contributed by atoms with E-state index in [9.17, 15) is 9.59 Å². The second-order valence-corrected chi connectivity index (χ2v) is 5.56. The summed E-state index contributed by atoms with van der Waals surface area (Å²) < 4.78 is 15.6. The second-order valence-electron chi connectivity index (χ2n) is 5.15. The SMILES string of the molecule is Cc1ccc(Cl)c(OC(=O)COc2ccc3ccc(=O)oc3c2)c1. The average molecular weight is 345 g/mol. The van der Waals surface area contributed by atoms with Gasteiger partial charge in [0, 0.05) is 17.5 Å². The van der Waals surface area contributed by atoms with Gasteiger partial charge in [0.1, 0.15) is 17.1 Å². The van der Waals surface area contributed by atoms with E-state index in [-0.39, 0.29) is 12.4 Å². The maximum Gasteiger partial charge on any atom is 0.349 e. The fraction of sp³-hybridized carbons (Fsp3) is 0.111. The van der Waals surface area contributed by atoms with Crippen LogP contribution < -0.4 is 15.1 Å². The van der Waals surface area contributed by atoms with Gasteiger partial charge < -0.3 is 13.9 Å². The van der Waals surface area contributed by atoms with Gasteiger partial charge in [0.05, 0.1) is 5.02 Å². The molecule has 0 bridgehead atoms. The Kier molecular flexibility index (Phi) is 4.53. The zero-order valence-corrected chi connectivity index (χ0v) is 13.5. The highest BCUT2D eigenvalue weighted by atomic mass is 35.5. The highest BCUT2D eigenvalue weighted by molar-refractivity contribution is 6.32. The molecule has 0 N–H and O–H groups in total. The van der Waals surface area contributed by atoms with Crippen molar-refractivity contribution in [1.29, 1.82) is 0 Å². The van der Waals surface area contributed by atoms with Crippen LogP contribution in [0.5, 0.6) is 11.5 Å². The Hall–Kier alpha value is -2.79. The molecular weight excluding hydrogens is 332 g/mol. The minimum absolute atomic E-state index is 0.287. The zero-order chi connectivity index (χ0) is 17.1. The van der Waals surface area contributed by atoms with Gasteiger partial charge in [0.15, 0.2) is 6.61 Å². The molecule has 0 aliphatic carbocycles. The summed E-state index contributed by atoms with van der Waals surface area (Å²) in [5, 5.41) is 1.11. The van der Waals surface area contributed by atoms with Crippen molar-refractivity contribution < 1.29 is 18.7 Å². The van der Waals surface area contributed by atoms with E-state index in [0.29, 0.717) is 16.4 Å². The van der Waals surface area contributed by atoms with Crippen LogP contribution in [0.2, 0.25) is 5.02 Å². The van der Waals surface area contributed by atoms with Crippen LogP contribution in [-0.4, -0.2) is 12.6 Å². The summed E-state index contributed by atoms with van der Waals surface area (Å²) in [6, 6.07) is 13.1. The smallest absolute Gasteiger partial charge is 0.349 e. The van der Waals surface area contributed by atoms with Crippen LogP contribution in [0.3, 0.4) is 0 Å². The Bertz CT molecular complexity index is 961.